The van der Waals surface area contributed by atoms with Gasteiger partial charge in [-0.3, -0.25) is 10.0 Å². The van der Waals surface area contributed by atoms with Gasteiger partial charge in [-0.05, 0) is 49.5 Å². The average molecular weight is 397 g/mol. The number of carbonyl (C=O) groups is 1. The molecule has 1 fully saturated rings. The van der Waals surface area contributed by atoms with Gasteiger partial charge >= 0.3 is 5.70 Å². The summed E-state index contributed by atoms with van der Waals surface area (Å²) in [7, 11) is 0. The molecule has 4 aliphatic rings. The van der Waals surface area contributed by atoms with Gasteiger partial charge in [0.15, 0.2) is 4.86 Å². The number of hydrogen-bond donors (Lipinski definition) is 4. The fourth-order valence-electron chi connectivity index (χ4n) is 3.54. The molecule has 0 aromatic carbocycles. The Balaban J connectivity index is 1.49. The fraction of sp³-hybridized carbons (Fsp3) is 0.381. The van der Waals surface area contributed by atoms with Gasteiger partial charge in [0.1, 0.15) is 11.5 Å². The van der Waals surface area contributed by atoms with Crippen molar-refractivity contribution >= 4 is 5.91 Å². The largest absolute Gasteiger partial charge is 0.458 e. The van der Waals surface area contributed by atoms with E-state index >= 15 is 0 Å². The standard InChI is InChI=1S/C21H24N4O4/c1-2-13-5-6-18(11-20(13)23-21(26)14-3-4-14)29-17-7-8-19-15(10-17)9-16(12-22-19)25(28)24-27/h6-14,19,22,28H,2-5H2,1H3,(H,23,26)/p+1. The van der Waals surface area contributed by atoms with E-state index in [0.29, 0.717) is 28.0 Å². The van der Waals surface area contributed by atoms with Crippen molar-refractivity contribution in [3.63, 3.8) is 0 Å². The van der Waals surface area contributed by atoms with E-state index in [1.807, 2.05) is 30.4 Å². The van der Waals surface area contributed by atoms with Crippen LogP contribution in [0.25, 0.3) is 0 Å². The van der Waals surface area contributed by atoms with Gasteiger partial charge in [0.05, 0.1) is 12.2 Å². The van der Waals surface area contributed by atoms with Crippen molar-refractivity contribution in [1.82, 2.24) is 10.6 Å². The Hall–Kier alpha value is -3.29. The van der Waals surface area contributed by atoms with Crippen molar-refractivity contribution in [2.45, 2.75) is 38.6 Å². The maximum Gasteiger partial charge on any atom is 0.308 e. The van der Waals surface area contributed by atoms with Crippen molar-refractivity contribution < 1.29 is 24.8 Å². The Morgan fingerprint density at radius 1 is 1.34 bits per heavy atom. The number of allylic oxidation sites excluding steroid dienone is 5. The number of nitrogens with one attached hydrogen (secondary N) is 2. The summed E-state index contributed by atoms with van der Waals surface area (Å²) in [5.74, 6) is 1.90. The molecular formula is C21H25N4O4+. The summed E-state index contributed by atoms with van der Waals surface area (Å²) in [6.07, 6.45) is 16.6. The van der Waals surface area contributed by atoms with E-state index in [9.17, 15) is 10.0 Å². The highest BCUT2D eigenvalue weighted by Crippen LogP contribution is 2.32. The highest BCUT2D eigenvalue weighted by atomic mass is 16.6. The van der Waals surface area contributed by atoms with Crippen molar-refractivity contribution in [1.29, 1.82) is 0 Å². The first-order valence-corrected chi connectivity index (χ1v) is 9.89. The van der Waals surface area contributed by atoms with E-state index in [-0.39, 0.29) is 17.9 Å². The van der Waals surface area contributed by atoms with Crippen LogP contribution in [0.2, 0.25) is 0 Å². The molecule has 4 N–H and O–H groups in total. The number of hydrogen-bond acceptors (Lipinski definition) is 4. The minimum absolute atomic E-state index is 0.0491. The van der Waals surface area contributed by atoms with Gasteiger partial charge in [-0.1, -0.05) is 13.0 Å². The Bertz CT molecular complexity index is 919. The molecule has 0 saturated heterocycles. The first kappa shape index (κ1) is 19.0. The normalized spacial score (nSPS) is 26.1. The van der Waals surface area contributed by atoms with Crippen LogP contribution >= 0.6 is 0 Å². The fourth-order valence-corrected chi connectivity index (χ4v) is 3.54. The molecule has 0 spiro atoms. The van der Waals surface area contributed by atoms with E-state index in [1.165, 1.54) is 0 Å². The number of hydroxylamine groups is 1. The van der Waals surface area contributed by atoms with E-state index in [1.54, 1.807) is 12.3 Å². The van der Waals surface area contributed by atoms with Crippen molar-refractivity contribution in [3.8, 4) is 0 Å². The van der Waals surface area contributed by atoms with Gasteiger partial charge in [0.25, 0.3) is 0 Å². The zero-order valence-corrected chi connectivity index (χ0v) is 16.2. The quantitative estimate of drug-likeness (QED) is 0.313. The minimum Gasteiger partial charge on any atom is -0.458 e. The van der Waals surface area contributed by atoms with Crippen LogP contribution in [-0.4, -0.2) is 27.2 Å². The average Bonchev–Trinajstić information content (AvgIpc) is 3.58. The number of ether oxygens (including phenoxy) is 1. The molecule has 2 atom stereocenters. The van der Waals surface area contributed by atoms with Gasteiger partial charge < -0.3 is 20.6 Å². The van der Waals surface area contributed by atoms with Crippen molar-refractivity contribution in [3.05, 3.63) is 71.1 Å². The molecule has 2 unspecified atom stereocenters. The van der Waals surface area contributed by atoms with Gasteiger partial charge in [0.2, 0.25) is 11.2 Å². The van der Waals surface area contributed by atoms with Crippen LogP contribution in [0.15, 0.2) is 76.4 Å². The Kier molecular flexibility index (Phi) is 5.24. The van der Waals surface area contributed by atoms with Crippen LogP contribution < -0.4 is 10.6 Å². The van der Waals surface area contributed by atoms with E-state index in [4.69, 9.17) is 9.94 Å². The number of rotatable bonds is 6. The maximum absolute atomic E-state index is 12.2. The Morgan fingerprint density at radius 2 is 2.17 bits per heavy atom. The molecule has 0 aromatic rings. The SMILES string of the molecule is CCC1CC=C(OC2=CC3=CC([N+](O)=NO)=CNC3C=C2)C=C1NC(=O)C1CC1. The molecule has 1 heterocycles. The van der Waals surface area contributed by atoms with Crippen LogP contribution in [0, 0.1) is 11.8 Å². The van der Waals surface area contributed by atoms with Crippen LogP contribution in [-0.2, 0) is 9.53 Å². The molecule has 1 saturated carbocycles. The lowest BCUT2D eigenvalue weighted by Gasteiger charge is -2.25. The lowest BCUT2D eigenvalue weighted by Crippen LogP contribution is -2.30. The van der Waals surface area contributed by atoms with E-state index < -0.39 is 0 Å². The monoisotopic (exact) mass is 397 g/mol. The molecule has 1 aliphatic heterocycles. The zero-order valence-electron chi connectivity index (χ0n) is 16.2. The highest BCUT2D eigenvalue weighted by molar-refractivity contribution is 5.82. The molecule has 0 radical (unpaired) electrons. The second-order valence-corrected chi connectivity index (χ2v) is 7.56. The first-order chi connectivity index (χ1) is 14.1. The molecule has 3 aliphatic carbocycles. The smallest absolute Gasteiger partial charge is 0.308 e. The lowest BCUT2D eigenvalue weighted by molar-refractivity contribution is -0.800. The van der Waals surface area contributed by atoms with Crippen molar-refractivity contribution in [2.24, 2.45) is 17.1 Å². The maximum atomic E-state index is 12.2. The number of carbonyl (C=O) groups excluding carboxylic acids is 1. The molecule has 152 valence electrons. The minimum atomic E-state index is -0.0491. The predicted octanol–water partition coefficient (Wildman–Crippen LogP) is 3.16. The Morgan fingerprint density at radius 3 is 2.90 bits per heavy atom. The van der Waals surface area contributed by atoms with Crippen LogP contribution in [0.1, 0.15) is 32.6 Å². The van der Waals surface area contributed by atoms with Gasteiger partial charge in [-0.2, -0.15) is 0 Å². The lowest BCUT2D eigenvalue weighted by atomic mass is 9.93. The predicted molar refractivity (Wildman–Crippen MR) is 103 cm³/mol. The molecule has 4 rings (SSSR count). The summed E-state index contributed by atoms with van der Waals surface area (Å²) in [5.41, 5.74) is 2.08. The van der Waals surface area contributed by atoms with Gasteiger partial charge in [-0.15, -0.1) is 0 Å². The molecule has 1 amide bonds. The van der Waals surface area contributed by atoms with Gasteiger partial charge in [-0.25, -0.2) is 0 Å². The van der Waals surface area contributed by atoms with E-state index in [2.05, 4.69) is 22.8 Å². The van der Waals surface area contributed by atoms with Gasteiger partial charge in [0, 0.05) is 29.7 Å². The molecule has 8 heteroatoms. The summed E-state index contributed by atoms with van der Waals surface area (Å²) < 4.78 is 6.05. The molecule has 0 aromatic heterocycles. The molecule has 29 heavy (non-hydrogen) atoms. The second-order valence-electron chi connectivity index (χ2n) is 7.56. The Labute approximate surface area is 168 Å². The molecular weight excluding hydrogens is 372 g/mol. The van der Waals surface area contributed by atoms with E-state index in [0.717, 1.165) is 37.0 Å². The second kappa shape index (κ2) is 7.98. The third-order valence-corrected chi connectivity index (χ3v) is 5.45. The summed E-state index contributed by atoms with van der Waals surface area (Å²) in [4.78, 5) is 12.6. The molecule has 0 bridgehead atoms. The van der Waals surface area contributed by atoms with Crippen LogP contribution in [0.4, 0.5) is 0 Å². The van der Waals surface area contributed by atoms with Crippen LogP contribution in [0.3, 0.4) is 0 Å². The topological polar surface area (TPSA) is 106 Å². The summed E-state index contributed by atoms with van der Waals surface area (Å²) in [6, 6.07) is -0.0491. The number of amides is 1. The zero-order chi connectivity index (χ0) is 20.4. The molecule has 8 nitrogen and oxygen atoms in total. The third-order valence-electron chi connectivity index (χ3n) is 5.45. The third kappa shape index (κ3) is 4.26. The summed E-state index contributed by atoms with van der Waals surface area (Å²) in [6.45, 7) is 2.12. The number of fused-ring (bicyclic) bond motifs is 1. The number of dihydropyridines is 1. The summed E-state index contributed by atoms with van der Waals surface area (Å²) in [5, 5.41) is 27.2. The first-order valence-electron chi connectivity index (χ1n) is 9.89. The van der Waals surface area contributed by atoms with Crippen molar-refractivity contribution in [2.75, 3.05) is 0 Å². The highest BCUT2D eigenvalue weighted by Gasteiger charge is 2.31. The number of nitrogens with zero attached hydrogens (tertiary/aromatic N) is 2. The van der Waals surface area contributed by atoms with Crippen LogP contribution in [0.5, 0.6) is 0 Å². The summed E-state index contributed by atoms with van der Waals surface area (Å²) >= 11 is 0.